The van der Waals surface area contributed by atoms with Gasteiger partial charge >= 0.3 is 0 Å². The van der Waals surface area contributed by atoms with E-state index in [9.17, 15) is 4.79 Å². The van der Waals surface area contributed by atoms with Crippen molar-refractivity contribution in [3.63, 3.8) is 0 Å². The number of aryl methyl sites for hydroxylation is 1. The van der Waals surface area contributed by atoms with E-state index < -0.39 is 0 Å². The highest BCUT2D eigenvalue weighted by Gasteiger charge is 2.17. The predicted octanol–water partition coefficient (Wildman–Crippen LogP) is 6.08. The fourth-order valence-corrected chi connectivity index (χ4v) is 5.91. The van der Waals surface area contributed by atoms with E-state index in [-0.39, 0.29) is 5.56 Å². The van der Waals surface area contributed by atoms with E-state index in [4.69, 9.17) is 9.97 Å². The zero-order valence-corrected chi connectivity index (χ0v) is 23.0. The van der Waals surface area contributed by atoms with Gasteiger partial charge in [0.1, 0.15) is 11.5 Å². The second kappa shape index (κ2) is 11.1. The Hall–Kier alpha value is -4.62. The Morgan fingerprint density at radius 2 is 1.49 bits per heavy atom. The van der Waals surface area contributed by atoms with Gasteiger partial charge in [-0.2, -0.15) is 0 Å². The number of hydrogen-bond donors (Lipinski definition) is 1. The summed E-state index contributed by atoms with van der Waals surface area (Å²) in [6.07, 6.45) is 7.77. The normalized spacial score (nSPS) is 13.9. The molecule has 0 spiro atoms. The molecule has 6 aromatic rings. The second-order valence-corrected chi connectivity index (χ2v) is 10.8. The SMILES string of the molecule is O=c1[nH]c2cc3nc(-c4ccc(-c5ccncc5)cc4)n(CCCN4CCCC4)c3cc2nc1Cc1ccccc1. The van der Waals surface area contributed by atoms with E-state index in [1.807, 2.05) is 60.9 Å². The lowest BCUT2D eigenvalue weighted by Crippen LogP contribution is -2.21. The number of hydrogen-bond acceptors (Lipinski definition) is 5. The Morgan fingerprint density at radius 3 is 2.27 bits per heavy atom. The van der Waals surface area contributed by atoms with Crippen LogP contribution in [-0.4, -0.2) is 49.0 Å². The fourth-order valence-electron chi connectivity index (χ4n) is 5.91. The standard InChI is InChI=1S/C34H32N6O/c41-34-31(21-24-7-2-1-3-8-24)36-29-23-32-30(22-28(29)38-34)37-33(40(32)20-6-19-39-17-4-5-18-39)27-11-9-25(10-12-27)26-13-15-35-16-14-26/h1-3,7-16,22-23H,4-6,17-21H2,(H,38,41). The maximum atomic E-state index is 12.9. The summed E-state index contributed by atoms with van der Waals surface area (Å²) in [4.78, 5) is 32.6. The fraction of sp³-hybridized carbons (Fsp3) is 0.235. The Morgan fingerprint density at radius 1 is 0.756 bits per heavy atom. The third-order valence-corrected chi connectivity index (χ3v) is 8.06. The van der Waals surface area contributed by atoms with Crippen LogP contribution in [-0.2, 0) is 13.0 Å². The number of nitrogens with one attached hydrogen (secondary N) is 1. The van der Waals surface area contributed by atoms with Gasteiger partial charge in [0.2, 0.25) is 0 Å². The molecule has 1 aliphatic heterocycles. The summed E-state index contributed by atoms with van der Waals surface area (Å²) < 4.78 is 2.33. The Bertz CT molecular complexity index is 1850. The van der Waals surface area contributed by atoms with Gasteiger partial charge in [-0.25, -0.2) is 9.97 Å². The van der Waals surface area contributed by atoms with Gasteiger partial charge in [0, 0.05) is 30.9 Å². The molecule has 7 nitrogen and oxygen atoms in total. The molecule has 0 bridgehead atoms. The van der Waals surface area contributed by atoms with Gasteiger partial charge in [0.05, 0.1) is 22.1 Å². The first-order chi connectivity index (χ1) is 20.2. The van der Waals surface area contributed by atoms with E-state index in [0.717, 1.165) is 64.1 Å². The van der Waals surface area contributed by atoms with Crippen LogP contribution in [0.15, 0.2) is 96.1 Å². The van der Waals surface area contributed by atoms with E-state index in [0.29, 0.717) is 17.6 Å². The van der Waals surface area contributed by atoms with E-state index in [2.05, 4.69) is 49.8 Å². The second-order valence-electron chi connectivity index (χ2n) is 10.8. The highest BCUT2D eigenvalue weighted by molar-refractivity contribution is 5.93. The molecule has 1 saturated heterocycles. The summed E-state index contributed by atoms with van der Waals surface area (Å²) in [5.41, 5.74) is 8.17. The van der Waals surface area contributed by atoms with Gasteiger partial charge in [0.25, 0.3) is 5.56 Å². The monoisotopic (exact) mass is 540 g/mol. The lowest BCUT2D eigenvalue weighted by molar-refractivity contribution is 0.326. The van der Waals surface area contributed by atoms with Crippen molar-refractivity contribution in [2.45, 2.75) is 32.2 Å². The summed E-state index contributed by atoms with van der Waals surface area (Å²) in [7, 11) is 0. The summed E-state index contributed by atoms with van der Waals surface area (Å²) in [6.45, 7) is 4.33. The molecule has 3 aromatic carbocycles. The summed E-state index contributed by atoms with van der Waals surface area (Å²) in [5, 5.41) is 0. The van der Waals surface area contributed by atoms with Crippen LogP contribution in [0.2, 0.25) is 0 Å². The number of rotatable bonds is 8. The van der Waals surface area contributed by atoms with E-state index >= 15 is 0 Å². The number of H-pyrrole nitrogens is 1. The van der Waals surface area contributed by atoms with Crippen molar-refractivity contribution in [2.75, 3.05) is 19.6 Å². The lowest BCUT2D eigenvalue weighted by Gasteiger charge is -2.16. The molecular formula is C34H32N6O. The number of nitrogens with zero attached hydrogens (tertiary/aromatic N) is 5. The third kappa shape index (κ3) is 5.28. The molecule has 1 fully saturated rings. The number of aromatic amines is 1. The molecule has 1 N–H and O–H groups in total. The van der Waals surface area contributed by atoms with Crippen LogP contribution in [0.1, 0.15) is 30.5 Å². The first-order valence-electron chi connectivity index (χ1n) is 14.4. The van der Waals surface area contributed by atoms with Crippen molar-refractivity contribution in [1.82, 2.24) is 29.4 Å². The van der Waals surface area contributed by atoms with Crippen molar-refractivity contribution in [3.8, 4) is 22.5 Å². The molecule has 0 unspecified atom stereocenters. The van der Waals surface area contributed by atoms with Crippen LogP contribution in [0.3, 0.4) is 0 Å². The quantitative estimate of drug-likeness (QED) is 0.253. The number of fused-ring (bicyclic) bond motifs is 2. The number of benzene rings is 3. The number of imidazole rings is 1. The summed E-state index contributed by atoms with van der Waals surface area (Å²) >= 11 is 0. The molecule has 41 heavy (non-hydrogen) atoms. The molecule has 0 atom stereocenters. The minimum absolute atomic E-state index is 0.155. The van der Waals surface area contributed by atoms with E-state index in [1.165, 1.54) is 25.9 Å². The molecule has 1 aliphatic rings. The Labute approximate surface area is 238 Å². The van der Waals surface area contributed by atoms with Gasteiger partial charge in [-0.05, 0) is 79.9 Å². The van der Waals surface area contributed by atoms with Gasteiger partial charge in [-0.3, -0.25) is 9.78 Å². The van der Waals surface area contributed by atoms with Crippen LogP contribution in [0, 0.1) is 0 Å². The van der Waals surface area contributed by atoms with Gasteiger partial charge < -0.3 is 14.5 Å². The number of aromatic nitrogens is 5. The van der Waals surface area contributed by atoms with Crippen molar-refractivity contribution in [2.24, 2.45) is 0 Å². The van der Waals surface area contributed by atoms with Crippen LogP contribution < -0.4 is 5.56 Å². The highest BCUT2D eigenvalue weighted by atomic mass is 16.1. The predicted molar refractivity (Wildman–Crippen MR) is 164 cm³/mol. The van der Waals surface area contributed by atoms with Crippen LogP contribution in [0.25, 0.3) is 44.6 Å². The Balaban J connectivity index is 1.29. The molecule has 0 saturated carbocycles. The van der Waals surface area contributed by atoms with Gasteiger partial charge in [-0.15, -0.1) is 0 Å². The molecule has 4 heterocycles. The number of pyridine rings is 1. The van der Waals surface area contributed by atoms with E-state index in [1.54, 1.807) is 0 Å². The molecule has 204 valence electrons. The smallest absolute Gasteiger partial charge is 0.270 e. The van der Waals surface area contributed by atoms with Crippen molar-refractivity contribution in [3.05, 3.63) is 113 Å². The highest BCUT2D eigenvalue weighted by Crippen LogP contribution is 2.30. The molecule has 3 aromatic heterocycles. The zero-order valence-electron chi connectivity index (χ0n) is 23.0. The molecule has 7 heteroatoms. The average Bonchev–Trinajstić information content (AvgIpc) is 3.66. The average molecular weight is 541 g/mol. The van der Waals surface area contributed by atoms with Crippen molar-refractivity contribution < 1.29 is 0 Å². The maximum absolute atomic E-state index is 12.9. The van der Waals surface area contributed by atoms with Crippen molar-refractivity contribution in [1.29, 1.82) is 0 Å². The topological polar surface area (TPSA) is 79.7 Å². The maximum Gasteiger partial charge on any atom is 0.270 e. The molecule has 0 amide bonds. The minimum atomic E-state index is -0.155. The number of likely N-dealkylation sites (tertiary alicyclic amines) is 1. The largest absolute Gasteiger partial charge is 0.324 e. The lowest BCUT2D eigenvalue weighted by atomic mass is 10.0. The zero-order chi connectivity index (χ0) is 27.6. The van der Waals surface area contributed by atoms with Gasteiger partial charge in [-0.1, -0.05) is 54.6 Å². The molecular weight excluding hydrogens is 508 g/mol. The molecule has 0 aliphatic carbocycles. The van der Waals surface area contributed by atoms with Crippen LogP contribution in [0.5, 0.6) is 0 Å². The van der Waals surface area contributed by atoms with Crippen molar-refractivity contribution >= 4 is 22.1 Å². The summed E-state index contributed by atoms with van der Waals surface area (Å²) in [6, 6.07) is 26.7. The first kappa shape index (κ1) is 25.4. The molecule has 7 rings (SSSR count). The third-order valence-electron chi connectivity index (χ3n) is 8.06. The van der Waals surface area contributed by atoms with Gasteiger partial charge in [0.15, 0.2) is 0 Å². The van der Waals surface area contributed by atoms with Crippen LogP contribution >= 0.6 is 0 Å². The van der Waals surface area contributed by atoms with Crippen LogP contribution in [0.4, 0.5) is 0 Å². The minimum Gasteiger partial charge on any atom is -0.324 e. The Kier molecular flexibility index (Phi) is 6.86. The summed E-state index contributed by atoms with van der Waals surface area (Å²) in [5.74, 6) is 0.935. The first-order valence-corrected chi connectivity index (χ1v) is 14.4. The molecule has 0 radical (unpaired) electrons.